The number of aromatic nitrogens is 2. The van der Waals surface area contributed by atoms with Crippen LogP contribution in [0.5, 0.6) is 5.75 Å². The molecule has 25 nitrogen and oxygen atoms in total. The second kappa shape index (κ2) is 28.0. The van der Waals surface area contributed by atoms with Gasteiger partial charge in [0.05, 0.1) is 18.8 Å². The van der Waals surface area contributed by atoms with Crippen LogP contribution in [0.3, 0.4) is 0 Å². The zero-order valence-electron chi connectivity index (χ0n) is 42.7. The maximum Gasteiger partial charge on any atom is 0.326 e. The lowest BCUT2D eigenvalue weighted by molar-refractivity contribution is -0.145. The fourth-order valence-electron chi connectivity index (χ4n) is 9.27. The molecule has 76 heavy (non-hydrogen) atoms. The number of guanidine groups is 1. The number of carboxylic acid groups (broad SMARTS) is 2. The Morgan fingerprint density at radius 3 is 2.07 bits per heavy atom. The number of aliphatic imine (C=N–C) groups is 1. The van der Waals surface area contributed by atoms with Crippen molar-refractivity contribution in [1.29, 1.82) is 0 Å². The number of aromatic amines is 1. The van der Waals surface area contributed by atoms with Crippen LogP contribution < -0.4 is 49.1 Å². The number of nitrogens with one attached hydrogen (secondary N) is 7. The Labute approximate surface area is 439 Å². The third-order valence-corrected chi connectivity index (χ3v) is 13.7. The van der Waals surface area contributed by atoms with Crippen LogP contribution in [0, 0.1) is 5.92 Å². The minimum Gasteiger partial charge on any atom is -0.508 e. The Balaban J connectivity index is 1.38. The number of nitrogens with zero attached hydrogens (tertiary/aromatic N) is 3. The molecule has 16 N–H and O–H groups in total. The Bertz CT molecular complexity index is 2520. The van der Waals surface area contributed by atoms with Crippen LogP contribution in [-0.2, 0) is 62.4 Å². The minimum absolute atomic E-state index is 0.000437. The summed E-state index contributed by atoms with van der Waals surface area (Å²) in [7, 11) is 0. The number of aliphatic carboxylic acids is 2. The number of carboxylic acids is 2. The molecule has 2 aromatic carbocycles. The molecule has 7 amide bonds. The summed E-state index contributed by atoms with van der Waals surface area (Å²) in [6.07, 6.45) is 4.25. The molecule has 1 saturated carbocycles. The van der Waals surface area contributed by atoms with Crippen LogP contribution in [0.25, 0.3) is 0 Å². The van der Waals surface area contributed by atoms with Gasteiger partial charge in [-0.05, 0) is 67.7 Å². The number of hydrogen-bond donors (Lipinski definition) is 13. The number of hydrogen-bond acceptors (Lipinski definition) is 13. The van der Waals surface area contributed by atoms with Gasteiger partial charge in [0.2, 0.25) is 41.4 Å². The molecule has 0 bridgehead atoms. The van der Waals surface area contributed by atoms with E-state index in [1.165, 1.54) is 29.6 Å². The van der Waals surface area contributed by atoms with Crippen molar-refractivity contribution < 1.29 is 58.5 Å². The standard InChI is InChI=1S/C51H71N13O12/c1-3-29(2)41(46(72)59-37(25-32-27-55-28-57-32)47(73)64-22-10-14-39(64)45(71)60-38(48(74)75)24-30-11-5-4-6-12-30)62-43(69)36(23-31-15-17-33(65)18-16-31)61-49(76)51(19-7-8-20-51)63-44(70)35(13-9-21-56-50(53)54)58-42(68)34(52)26-40(66)67/h4-6,11-12,15-18,27-29,34-39,41,65H,3,7-10,13-14,19-26,52H2,1-2H3,(H,55,57)(H,58,68)(H,59,72)(H,60,71)(H,61,76)(H,62,69)(H,63,70)(H,66,67)(H,74,75)(H4,53,54,56)/t29-,34-,35-,36-,37-,38-,39-,41-/m0/s1. The lowest BCUT2D eigenvalue weighted by Crippen LogP contribution is -2.65. The molecule has 1 aromatic heterocycles. The summed E-state index contributed by atoms with van der Waals surface area (Å²) < 4.78 is 0. The first-order valence-corrected chi connectivity index (χ1v) is 25.4. The van der Waals surface area contributed by atoms with E-state index in [1.54, 1.807) is 56.3 Å². The summed E-state index contributed by atoms with van der Waals surface area (Å²) >= 11 is 0. The van der Waals surface area contributed by atoms with Gasteiger partial charge in [-0.15, -0.1) is 0 Å². The van der Waals surface area contributed by atoms with E-state index in [1.807, 2.05) is 0 Å². The van der Waals surface area contributed by atoms with Crippen LogP contribution in [0.15, 0.2) is 72.1 Å². The Hall–Kier alpha value is -8.09. The molecule has 0 unspecified atom stereocenters. The summed E-state index contributed by atoms with van der Waals surface area (Å²) in [5.74, 6) is -8.78. The first-order valence-electron chi connectivity index (χ1n) is 25.4. The zero-order chi connectivity index (χ0) is 55.5. The van der Waals surface area contributed by atoms with Crippen LogP contribution in [0.1, 0.15) is 94.9 Å². The van der Waals surface area contributed by atoms with E-state index in [9.17, 15) is 58.5 Å². The highest BCUT2D eigenvalue weighted by Crippen LogP contribution is 2.31. The van der Waals surface area contributed by atoms with Crippen LogP contribution in [0.4, 0.5) is 0 Å². The van der Waals surface area contributed by atoms with Gasteiger partial charge in [-0.3, -0.25) is 43.3 Å². The van der Waals surface area contributed by atoms with Gasteiger partial charge in [-0.2, -0.15) is 0 Å². The SMILES string of the molecule is CC[C@H](C)[C@H](NC(=O)[C@H](Cc1ccc(O)cc1)NC(=O)C1(NC(=O)[C@H](CCCN=C(N)N)NC(=O)[C@@H](N)CC(=O)O)CCCC1)C(=O)N[C@@H](Cc1cnc[nH]1)C(=O)N1CCC[C@H]1C(=O)N[C@@H](Cc1ccccc1)C(=O)O. The van der Waals surface area contributed by atoms with Gasteiger partial charge in [0.1, 0.15) is 47.5 Å². The second-order valence-corrected chi connectivity index (χ2v) is 19.4. The van der Waals surface area contributed by atoms with Crippen LogP contribution in [0.2, 0.25) is 0 Å². The normalized spacial score (nSPS) is 17.5. The van der Waals surface area contributed by atoms with E-state index >= 15 is 0 Å². The molecule has 25 heteroatoms. The second-order valence-electron chi connectivity index (χ2n) is 19.4. The molecule has 1 aliphatic carbocycles. The topological polar surface area (TPSA) is 409 Å². The number of aromatic hydroxyl groups is 1. The third kappa shape index (κ3) is 17.0. The molecule has 8 atom stereocenters. The lowest BCUT2D eigenvalue weighted by Gasteiger charge is -2.34. The first kappa shape index (κ1) is 58.8. The molecule has 0 radical (unpaired) electrons. The maximum atomic E-state index is 14.7. The van der Waals surface area contributed by atoms with E-state index < -0.39 is 113 Å². The number of phenols is 1. The molecule has 0 spiro atoms. The van der Waals surface area contributed by atoms with Crippen LogP contribution >= 0.6 is 0 Å². The summed E-state index contributed by atoms with van der Waals surface area (Å²) in [6.45, 7) is 3.70. The van der Waals surface area contributed by atoms with Crippen LogP contribution in [-0.4, -0.2) is 150 Å². The van der Waals surface area contributed by atoms with Crippen molar-refractivity contribution in [1.82, 2.24) is 46.8 Å². The average molecular weight is 1060 g/mol. The number of rotatable bonds is 28. The highest BCUT2D eigenvalue weighted by atomic mass is 16.4. The molecule has 1 saturated heterocycles. The van der Waals surface area contributed by atoms with Gasteiger partial charge in [-0.1, -0.05) is 75.6 Å². The van der Waals surface area contributed by atoms with Crippen molar-refractivity contribution in [2.45, 2.75) is 145 Å². The highest BCUT2D eigenvalue weighted by molar-refractivity contribution is 5.99. The Morgan fingerprint density at radius 1 is 0.789 bits per heavy atom. The van der Waals surface area contributed by atoms with E-state index in [0.717, 1.165) is 0 Å². The summed E-state index contributed by atoms with van der Waals surface area (Å²) in [5, 5.41) is 45.6. The first-order chi connectivity index (χ1) is 36.2. The average Bonchev–Trinajstić information content (AvgIpc) is 4.20. The molecule has 2 heterocycles. The molecule has 2 fully saturated rings. The maximum absolute atomic E-state index is 14.7. The van der Waals surface area contributed by atoms with E-state index in [-0.39, 0.29) is 76.2 Å². The van der Waals surface area contributed by atoms with Gasteiger partial charge in [0, 0.05) is 44.2 Å². The molecule has 3 aromatic rings. The number of imidazole rings is 1. The number of carbonyl (C=O) groups is 9. The number of carbonyl (C=O) groups excluding carboxylic acids is 7. The van der Waals surface area contributed by atoms with Gasteiger partial charge in [0.25, 0.3) is 0 Å². The van der Waals surface area contributed by atoms with Crippen molar-refractivity contribution in [3.05, 3.63) is 83.9 Å². The summed E-state index contributed by atoms with van der Waals surface area (Å²) in [5.41, 5.74) is 16.8. The molecule has 412 valence electrons. The number of H-pyrrole nitrogens is 1. The van der Waals surface area contributed by atoms with Crippen molar-refractivity contribution in [2.75, 3.05) is 13.1 Å². The fourth-order valence-corrected chi connectivity index (χ4v) is 9.27. The minimum atomic E-state index is -1.61. The summed E-state index contributed by atoms with van der Waals surface area (Å²) in [4.78, 5) is 135. The van der Waals surface area contributed by atoms with Gasteiger partial charge >= 0.3 is 11.9 Å². The van der Waals surface area contributed by atoms with E-state index in [2.05, 4.69) is 46.9 Å². The van der Waals surface area contributed by atoms with Crippen molar-refractivity contribution in [3.63, 3.8) is 0 Å². The quantitative estimate of drug-likeness (QED) is 0.0235. The highest BCUT2D eigenvalue weighted by Gasteiger charge is 2.46. The zero-order valence-corrected chi connectivity index (χ0v) is 42.7. The molecular weight excluding hydrogens is 987 g/mol. The number of nitrogens with two attached hydrogens (primary N) is 3. The van der Waals surface area contributed by atoms with Gasteiger partial charge in [0.15, 0.2) is 5.96 Å². The van der Waals surface area contributed by atoms with Gasteiger partial charge in [-0.25, -0.2) is 9.78 Å². The molecule has 2 aliphatic rings. The molecule has 5 rings (SSSR count). The molecular formula is C51H71N13O12. The number of amides is 7. The predicted octanol–water partition coefficient (Wildman–Crippen LogP) is -1.03. The number of phenolic OH excluding ortho intramolecular Hbond substituents is 1. The third-order valence-electron chi connectivity index (χ3n) is 13.7. The smallest absolute Gasteiger partial charge is 0.326 e. The van der Waals surface area contributed by atoms with Crippen molar-refractivity contribution in [3.8, 4) is 5.75 Å². The largest absolute Gasteiger partial charge is 0.508 e. The Kier molecular flexibility index (Phi) is 21.7. The fraction of sp³-hybridized carbons (Fsp3) is 0.510. The van der Waals surface area contributed by atoms with E-state index in [4.69, 9.17) is 17.2 Å². The van der Waals surface area contributed by atoms with Crippen molar-refractivity contribution >= 4 is 59.2 Å². The van der Waals surface area contributed by atoms with Crippen molar-refractivity contribution in [2.24, 2.45) is 28.1 Å². The van der Waals surface area contributed by atoms with E-state index in [0.29, 0.717) is 42.5 Å². The lowest BCUT2D eigenvalue weighted by atomic mass is 9.93. The number of benzene rings is 2. The Morgan fingerprint density at radius 2 is 1.45 bits per heavy atom. The van der Waals surface area contributed by atoms with Gasteiger partial charge < -0.3 is 74.3 Å². The number of likely N-dealkylation sites (tertiary alicyclic amines) is 1. The summed E-state index contributed by atoms with van der Waals surface area (Å²) in [6, 6.07) is 5.44. The predicted molar refractivity (Wildman–Crippen MR) is 275 cm³/mol. The monoisotopic (exact) mass is 1060 g/mol. The molecule has 1 aliphatic heterocycles.